The Morgan fingerprint density at radius 1 is 0.862 bits per heavy atom. The SMILES string of the molecule is COCCOCCn1c2ccccc2c2cc(C(=O)c3ccccc3C)ccc21. The van der Waals surface area contributed by atoms with Crippen molar-refractivity contribution in [2.24, 2.45) is 0 Å². The molecule has 0 N–H and O–H groups in total. The number of ether oxygens (including phenoxy) is 2. The summed E-state index contributed by atoms with van der Waals surface area (Å²) in [6.45, 7) is 4.52. The van der Waals surface area contributed by atoms with Gasteiger partial charge in [0, 0.05) is 46.6 Å². The zero-order valence-corrected chi connectivity index (χ0v) is 16.9. The third-order valence-corrected chi connectivity index (χ3v) is 5.32. The topological polar surface area (TPSA) is 40.5 Å². The van der Waals surface area contributed by atoms with E-state index in [4.69, 9.17) is 9.47 Å². The first-order chi connectivity index (χ1) is 14.2. The van der Waals surface area contributed by atoms with Crippen molar-refractivity contribution in [2.75, 3.05) is 26.9 Å². The molecule has 1 aromatic heterocycles. The molecule has 0 aliphatic rings. The van der Waals surface area contributed by atoms with Gasteiger partial charge in [-0.3, -0.25) is 4.79 Å². The van der Waals surface area contributed by atoms with Crippen LogP contribution in [0.5, 0.6) is 0 Å². The summed E-state index contributed by atoms with van der Waals surface area (Å²) in [6.07, 6.45) is 0. The van der Waals surface area contributed by atoms with Gasteiger partial charge >= 0.3 is 0 Å². The summed E-state index contributed by atoms with van der Waals surface area (Å²) in [5, 5.41) is 2.25. The highest BCUT2D eigenvalue weighted by Gasteiger charge is 2.15. The summed E-state index contributed by atoms with van der Waals surface area (Å²) in [4.78, 5) is 13.1. The van der Waals surface area contributed by atoms with Crippen molar-refractivity contribution in [3.05, 3.63) is 83.4 Å². The lowest BCUT2D eigenvalue weighted by molar-refractivity contribution is 0.0673. The molecule has 3 aromatic carbocycles. The van der Waals surface area contributed by atoms with E-state index in [1.807, 2.05) is 55.5 Å². The first-order valence-electron chi connectivity index (χ1n) is 9.88. The Balaban J connectivity index is 1.72. The van der Waals surface area contributed by atoms with Gasteiger partial charge < -0.3 is 14.0 Å². The van der Waals surface area contributed by atoms with E-state index in [0.29, 0.717) is 25.4 Å². The minimum atomic E-state index is 0.0599. The van der Waals surface area contributed by atoms with Crippen LogP contribution in [0.2, 0.25) is 0 Å². The molecule has 0 radical (unpaired) electrons. The third-order valence-electron chi connectivity index (χ3n) is 5.32. The first kappa shape index (κ1) is 19.4. The summed E-state index contributed by atoms with van der Waals surface area (Å²) in [6, 6.07) is 22.0. The fraction of sp³-hybridized carbons (Fsp3) is 0.240. The standard InChI is InChI=1S/C25H25NO3/c1-18-7-3-4-8-20(18)25(27)19-11-12-24-22(17-19)21-9-5-6-10-23(21)26(24)13-14-29-16-15-28-2/h3-12,17H,13-16H2,1-2H3. The summed E-state index contributed by atoms with van der Waals surface area (Å²) >= 11 is 0. The molecule has 4 heteroatoms. The Kier molecular flexibility index (Phi) is 5.74. The molecule has 4 rings (SSSR count). The predicted molar refractivity (Wildman–Crippen MR) is 117 cm³/mol. The van der Waals surface area contributed by atoms with Crippen LogP contribution in [0, 0.1) is 6.92 Å². The number of carbonyl (C=O) groups is 1. The highest BCUT2D eigenvalue weighted by Crippen LogP contribution is 2.30. The van der Waals surface area contributed by atoms with Crippen molar-refractivity contribution >= 4 is 27.6 Å². The van der Waals surface area contributed by atoms with Gasteiger partial charge in [-0.1, -0.05) is 42.5 Å². The Morgan fingerprint density at radius 3 is 2.45 bits per heavy atom. The van der Waals surface area contributed by atoms with Gasteiger partial charge in [-0.25, -0.2) is 0 Å². The number of hydrogen-bond donors (Lipinski definition) is 0. The lowest BCUT2D eigenvalue weighted by Crippen LogP contribution is -2.09. The molecule has 0 bridgehead atoms. The number of ketones is 1. The second-order valence-electron chi connectivity index (χ2n) is 7.15. The number of fused-ring (bicyclic) bond motifs is 3. The number of para-hydroxylation sites is 1. The molecule has 0 amide bonds. The fourth-order valence-corrected chi connectivity index (χ4v) is 3.82. The molecule has 1 heterocycles. The molecular weight excluding hydrogens is 362 g/mol. The van der Waals surface area contributed by atoms with Crippen molar-refractivity contribution in [3.8, 4) is 0 Å². The number of hydrogen-bond acceptors (Lipinski definition) is 3. The average molecular weight is 387 g/mol. The van der Waals surface area contributed by atoms with Gasteiger partial charge in [-0.05, 0) is 36.8 Å². The molecule has 0 aliphatic carbocycles. The first-order valence-corrected chi connectivity index (χ1v) is 9.88. The van der Waals surface area contributed by atoms with Gasteiger partial charge in [0.25, 0.3) is 0 Å². The lowest BCUT2D eigenvalue weighted by Gasteiger charge is -2.09. The Labute approximate surface area is 170 Å². The van der Waals surface area contributed by atoms with Crippen LogP contribution in [0.3, 0.4) is 0 Å². The molecule has 0 fully saturated rings. The summed E-state index contributed by atoms with van der Waals surface area (Å²) in [7, 11) is 1.67. The maximum Gasteiger partial charge on any atom is 0.193 e. The molecule has 0 unspecified atom stereocenters. The van der Waals surface area contributed by atoms with Crippen molar-refractivity contribution in [1.29, 1.82) is 0 Å². The van der Waals surface area contributed by atoms with Crippen molar-refractivity contribution in [1.82, 2.24) is 4.57 Å². The number of benzene rings is 3. The van der Waals surface area contributed by atoms with E-state index in [1.54, 1.807) is 7.11 Å². The molecule has 4 nitrogen and oxygen atoms in total. The van der Waals surface area contributed by atoms with Crippen LogP contribution in [0.1, 0.15) is 21.5 Å². The molecule has 148 valence electrons. The van der Waals surface area contributed by atoms with Crippen molar-refractivity contribution in [3.63, 3.8) is 0 Å². The van der Waals surface area contributed by atoms with Gasteiger partial charge in [0.1, 0.15) is 0 Å². The maximum absolute atomic E-state index is 13.1. The highest BCUT2D eigenvalue weighted by molar-refractivity contribution is 6.15. The van der Waals surface area contributed by atoms with Gasteiger partial charge in [0.15, 0.2) is 5.78 Å². The van der Waals surface area contributed by atoms with Crippen LogP contribution < -0.4 is 0 Å². The lowest BCUT2D eigenvalue weighted by atomic mass is 9.98. The average Bonchev–Trinajstić information content (AvgIpc) is 3.07. The molecular formula is C25H25NO3. The van der Waals surface area contributed by atoms with E-state index in [1.165, 1.54) is 0 Å². The van der Waals surface area contributed by atoms with Crippen molar-refractivity contribution < 1.29 is 14.3 Å². The summed E-state index contributed by atoms with van der Waals surface area (Å²) in [5.41, 5.74) is 4.72. The van der Waals surface area contributed by atoms with Crippen LogP contribution >= 0.6 is 0 Å². The van der Waals surface area contributed by atoms with Gasteiger partial charge in [-0.15, -0.1) is 0 Å². The van der Waals surface area contributed by atoms with E-state index in [2.05, 4.69) is 22.8 Å². The van der Waals surface area contributed by atoms with E-state index >= 15 is 0 Å². The van der Waals surface area contributed by atoms with Crippen molar-refractivity contribution in [2.45, 2.75) is 13.5 Å². The van der Waals surface area contributed by atoms with Crippen LogP contribution in [0.15, 0.2) is 66.7 Å². The highest BCUT2D eigenvalue weighted by atomic mass is 16.5. The van der Waals surface area contributed by atoms with Gasteiger partial charge in [-0.2, -0.15) is 0 Å². The van der Waals surface area contributed by atoms with Gasteiger partial charge in [0.2, 0.25) is 0 Å². The van der Waals surface area contributed by atoms with Crippen LogP contribution in [-0.4, -0.2) is 37.3 Å². The number of carbonyl (C=O) groups excluding carboxylic acids is 1. The molecule has 0 spiro atoms. The number of nitrogens with zero attached hydrogens (tertiary/aromatic N) is 1. The minimum Gasteiger partial charge on any atom is -0.382 e. The zero-order valence-electron chi connectivity index (χ0n) is 16.9. The molecule has 4 aromatic rings. The second-order valence-corrected chi connectivity index (χ2v) is 7.15. The molecule has 0 saturated heterocycles. The van der Waals surface area contributed by atoms with E-state index in [0.717, 1.165) is 39.5 Å². The maximum atomic E-state index is 13.1. The smallest absolute Gasteiger partial charge is 0.193 e. The van der Waals surface area contributed by atoms with E-state index < -0.39 is 0 Å². The summed E-state index contributed by atoms with van der Waals surface area (Å²) in [5.74, 6) is 0.0599. The fourth-order valence-electron chi connectivity index (χ4n) is 3.82. The Hall–Kier alpha value is -2.95. The van der Waals surface area contributed by atoms with Crippen LogP contribution in [-0.2, 0) is 16.0 Å². The third kappa shape index (κ3) is 3.82. The number of aryl methyl sites for hydroxylation is 1. The van der Waals surface area contributed by atoms with Gasteiger partial charge in [0.05, 0.1) is 19.8 Å². The van der Waals surface area contributed by atoms with Crippen LogP contribution in [0.25, 0.3) is 21.8 Å². The molecule has 0 aliphatic heterocycles. The molecule has 0 atom stereocenters. The largest absolute Gasteiger partial charge is 0.382 e. The second kappa shape index (κ2) is 8.60. The summed E-state index contributed by atoms with van der Waals surface area (Å²) < 4.78 is 13.0. The number of aromatic nitrogens is 1. The Bertz CT molecular complexity index is 1160. The van der Waals surface area contributed by atoms with E-state index in [9.17, 15) is 4.79 Å². The zero-order chi connectivity index (χ0) is 20.2. The number of methoxy groups -OCH3 is 1. The molecule has 29 heavy (non-hydrogen) atoms. The van der Waals surface area contributed by atoms with Crippen LogP contribution in [0.4, 0.5) is 0 Å². The number of rotatable bonds is 8. The monoisotopic (exact) mass is 387 g/mol. The molecule has 0 saturated carbocycles. The predicted octanol–water partition coefficient (Wildman–Crippen LogP) is 5.00. The Morgan fingerprint density at radius 2 is 1.62 bits per heavy atom. The minimum absolute atomic E-state index is 0.0599. The van der Waals surface area contributed by atoms with E-state index in [-0.39, 0.29) is 5.78 Å². The quantitative estimate of drug-likeness (QED) is 0.316. The normalized spacial score (nSPS) is 11.4.